The first-order valence-electron chi connectivity index (χ1n) is 10.9. The zero-order chi connectivity index (χ0) is 25.9. The molecule has 3 aromatic rings. The van der Waals surface area contributed by atoms with E-state index in [1.807, 2.05) is 0 Å². The first kappa shape index (κ1) is 26.0. The summed E-state index contributed by atoms with van der Waals surface area (Å²) in [5, 5.41) is 14.7. The summed E-state index contributed by atoms with van der Waals surface area (Å²) >= 11 is 7.00. The second-order valence-electron chi connectivity index (χ2n) is 8.08. The van der Waals surface area contributed by atoms with Crippen molar-refractivity contribution in [1.82, 2.24) is 19.5 Å². The summed E-state index contributed by atoms with van der Waals surface area (Å²) in [6.07, 6.45) is 1.62. The molecule has 0 radical (unpaired) electrons. The summed E-state index contributed by atoms with van der Waals surface area (Å²) < 4.78 is 28.1. The van der Waals surface area contributed by atoms with Crippen molar-refractivity contribution in [2.45, 2.75) is 12.1 Å². The Balaban J connectivity index is 1.51. The number of benzene rings is 1. The molecule has 3 N–H and O–H groups in total. The number of amides is 2. The van der Waals surface area contributed by atoms with E-state index in [0.717, 1.165) is 15.6 Å². The topological polar surface area (TPSA) is 138 Å². The molecule has 1 aliphatic rings. The number of carbonyl (C=O) groups excluding carboxylic acids is 2. The molecule has 36 heavy (non-hydrogen) atoms. The van der Waals surface area contributed by atoms with Gasteiger partial charge in [0.25, 0.3) is 17.4 Å². The molecule has 2 atom stereocenters. The number of aliphatic hydroxyl groups excluding tert-OH is 1. The summed E-state index contributed by atoms with van der Waals surface area (Å²) in [6.45, 7) is -0.673. The van der Waals surface area contributed by atoms with Crippen LogP contribution in [-0.4, -0.2) is 71.7 Å². The van der Waals surface area contributed by atoms with E-state index in [2.05, 4.69) is 10.6 Å². The second kappa shape index (κ2) is 10.9. The second-order valence-corrected chi connectivity index (χ2v) is 11.9. The lowest BCUT2D eigenvalue weighted by Gasteiger charge is -2.21. The minimum Gasteiger partial charge on any atom is -0.395 e. The molecule has 0 unspecified atom stereocenters. The minimum atomic E-state index is -3.78. The van der Waals surface area contributed by atoms with E-state index in [4.69, 9.17) is 16.7 Å². The highest BCUT2D eigenvalue weighted by Gasteiger charge is 2.40. The zero-order valence-corrected chi connectivity index (χ0v) is 21.2. The quantitative estimate of drug-likeness (QED) is 0.384. The number of nitrogens with zero attached hydrogens (tertiary/aromatic N) is 2. The molecule has 1 saturated heterocycles. The van der Waals surface area contributed by atoms with Crippen LogP contribution in [0.4, 0.5) is 0 Å². The van der Waals surface area contributed by atoms with Crippen molar-refractivity contribution in [1.29, 1.82) is 0 Å². The van der Waals surface area contributed by atoms with E-state index < -0.39 is 46.3 Å². The van der Waals surface area contributed by atoms with Crippen LogP contribution in [0.25, 0.3) is 5.69 Å². The molecule has 10 nitrogen and oxygen atoms in total. The first-order valence-corrected chi connectivity index (χ1v) is 13.7. The van der Waals surface area contributed by atoms with Gasteiger partial charge in [0.1, 0.15) is 0 Å². The lowest BCUT2D eigenvalue weighted by molar-refractivity contribution is 0.0898. The van der Waals surface area contributed by atoms with Gasteiger partial charge in [0, 0.05) is 36.6 Å². The number of rotatable bonds is 8. The van der Waals surface area contributed by atoms with E-state index in [-0.39, 0.29) is 18.6 Å². The smallest absolute Gasteiger partial charge is 0.261 e. The number of sulfonamides is 1. The Hall–Kier alpha value is -3.03. The molecule has 0 saturated carbocycles. The van der Waals surface area contributed by atoms with Gasteiger partial charge in [-0.05, 0) is 42.5 Å². The van der Waals surface area contributed by atoms with Crippen LogP contribution in [0.1, 0.15) is 20.0 Å². The highest BCUT2D eigenvalue weighted by Crippen LogP contribution is 2.22. The van der Waals surface area contributed by atoms with Crippen molar-refractivity contribution < 1.29 is 23.1 Å². The van der Waals surface area contributed by atoms with E-state index in [1.165, 1.54) is 10.6 Å². The molecule has 1 fully saturated rings. The van der Waals surface area contributed by atoms with Gasteiger partial charge in [0.15, 0.2) is 0 Å². The van der Waals surface area contributed by atoms with Crippen LogP contribution in [0.5, 0.6) is 0 Å². The summed E-state index contributed by atoms with van der Waals surface area (Å²) in [5.41, 5.74) is 0.670. The molecule has 0 aliphatic carbocycles. The third-order valence-electron chi connectivity index (χ3n) is 5.69. The van der Waals surface area contributed by atoms with Crippen molar-refractivity contribution in [3.05, 3.63) is 85.9 Å². The summed E-state index contributed by atoms with van der Waals surface area (Å²) in [4.78, 5) is 38.1. The minimum absolute atomic E-state index is 0.0615. The molecule has 4 rings (SSSR count). The molecule has 3 heterocycles. The number of nitrogens with one attached hydrogen (secondary N) is 2. The Morgan fingerprint density at radius 2 is 1.67 bits per heavy atom. The van der Waals surface area contributed by atoms with Crippen LogP contribution < -0.4 is 16.2 Å². The SMILES string of the molecule is O=C(N[C@H]1CN(S(=O)(=O)CCO)C[C@H]1NC(=O)c1ccc(Cl)s1)c1ccc(-n2ccccc2=O)cc1. The Morgan fingerprint density at radius 1 is 1.00 bits per heavy atom. The van der Waals surface area contributed by atoms with Gasteiger partial charge < -0.3 is 15.7 Å². The van der Waals surface area contributed by atoms with Gasteiger partial charge in [-0.25, -0.2) is 8.42 Å². The van der Waals surface area contributed by atoms with Crippen LogP contribution >= 0.6 is 22.9 Å². The number of thiophene rings is 1. The van der Waals surface area contributed by atoms with Crippen LogP contribution in [0.3, 0.4) is 0 Å². The summed E-state index contributed by atoms with van der Waals surface area (Å²) in [5.74, 6) is -1.36. The summed E-state index contributed by atoms with van der Waals surface area (Å²) in [7, 11) is -3.78. The third kappa shape index (κ3) is 5.85. The van der Waals surface area contributed by atoms with Crippen molar-refractivity contribution in [3.63, 3.8) is 0 Å². The third-order valence-corrected chi connectivity index (χ3v) is 8.70. The van der Waals surface area contributed by atoms with Crippen LogP contribution in [0, 0.1) is 0 Å². The normalized spacial score (nSPS) is 18.2. The molecule has 1 aliphatic heterocycles. The van der Waals surface area contributed by atoms with Crippen molar-refractivity contribution >= 4 is 44.8 Å². The highest BCUT2D eigenvalue weighted by atomic mass is 35.5. The van der Waals surface area contributed by atoms with Gasteiger partial charge >= 0.3 is 0 Å². The number of hydrogen-bond donors (Lipinski definition) is 3. The maximum absolute atomic E-state index is 13.0. The van der Waals surface area contributed by atoms with Gasteiger partial charge in [-0.15, -0.1) is 11.3 Å². The van der Waals surface area contributed by atoms with E-state index in [9.17, 15) is 22.8 Å². The number of carbonyl (C=O) groups is 2. The molecule has 190 valence electrons. The predicted octanol–water partition coefficient (Wildman–Crippen LogP) is 1.09. The maximum atomic E-state index is 13.0. The van der Waals surface area contributed by atoms with Gasteiger partial charge in [-0.2, -0.15) is 4.31 Å². The molecule has 1 aromatic carbocycles. The molecular formula is C23H23ClN4O6S2. The van der Waals surface area contributed by atoms with E-state index in [0.29, 0.717) is 20.5 Å². The Bertz CT molecular complexity index is 1420. The van der Waals surface area contributed by atoms with Gasteiger partial charge in [-0.1, -0.05) is 17.7 Å². The maximum Gasteiger partial charge on any atom is 0.261 e. The van der Waals surface area contributed by atoms with Crippen LogP contribution in [0.2, 0.25) is 4.34 Å². The Labute approximate surface area is 216 Å². The molecular weight excluding hydrogens is 528 g/mol. The lowest BCUT2D eigenvalue weighted by Crippen LogP contribution is -2.50. The van der Waals surface area contributed by atoms with Crippen LogP contribution in [-0.2, 0) is 10.0 Å². The van der Waals surface area contributed by atoms with Crippen molar-refractivity contribution in [2.24, 2.45) is 0 Å². The van der Waals surface area contributed by atoms with Gasteiger partial charge in [-0.3, -0.25) is 19.0 Å². The van der Waals surface area contributed by atoms with Crippen molar-refractivity contribution in [2.75, 3.05) is 25.4 Å². The number of halogens is 1. The molecule has 0 spiro atoms. The standard InChI is InChI=1S/C23H23ClN4O6S2/c24-20-9-8-19(35-20)23(32)26-18-14-27(36(33,34)12-11-29)13-17(18)25-22(31)15-4-6-16(7-5-15)28-10-2-1-3-21(28)30/h1-10,17-18,29H,11-14H2,(H,25,31)(H,26,32)/t17-,18+/m0/s1. The molecule has 2 aromatic heterocycles. The zero-order valence-electron chi connectivity index (χ0n) is 18.8. The molecule has 13 heteroatoms. The Morgan fingerprint density at radius 3 is 2.25 bits per heavy atom. The van der Waals surface area contributed by atoms with Gasteiger partial charge in [0.05, 0.1) is 33.7 Å². The Kier molecular flexibility index (Phi) is 7.91. The van der Waals surface area contributed by atoms with Crippen LogP contribution in [0.15, 0.2) is 65.6 Å². The summed E-state index contributed by atoms with van der Waals surface area (Å²) in [6, 6.07) is 12.9. The van der Waals surface area contributed by atoms with Crippen molar-refractivity contribution in [3.8, 4) is 5.69 Å². The fourth-order valence-corrected chi connectivity index (χ4v) is 6.08. The average Bonchev–Trinajstić information content (AvgIpc) is 3.46. The first-order chi connectivity index (χ1) is 17.2. The highest BCUT2D eigenvalue weighted by molar-refractivity contribution is 7.89. The number of pyridine rings is 1. The number of hydrogen-bond acceptors (Lipinski definition) is 7. The van der Waals surface area contributed by atoms with Gasteiger partial charge in [0.2, 0.25) is 10.0 Å². The fourth-order valence-electron chi connectivity index (χ4n) is 3.87. The fraction of sp³-hybridized carbons (Fsp3) is 0.261. The predicted molar refractivity (Wildman–Crippen MR) is 136 cm³/mol. The monoisotopic (exact) mass is 550 g/mol. The lowest BCUT2D eigenvalue weighted by atomic mass is 10.1. The average molecular weight is 551 g/mol. The largest absolute Gasteiger partial charge is 0.395 e. The number of aliphatic hydroxyl groups is 1. The van der Waals surface area contributed by atoms with E-state index in [1.54, 1.807) is 54.7 Å². The van der Waals surface area contributed by atoms with E-state index >= 15 is 0 Å². The number of aromatic nitrogens is 1. The molecule has 2 amide bonds. The molecule has 0 bridgehead atoms.